The van der Waals surface area contributed by atoms with Gasteiger partial charge in [0.2, 0.25) is 11.8 Å². The van der Waals surface area contributed by atoms with Crippen molar-refractivity contribution in [1.29, 1.82) is 0 Å². The number of fused-ring (bicyclic) bond motifs is 3. The molecule has 4 aromatic rings. The number of hydrogen-bond acceptors (Lipinski definition) is 7. The SMILES string of the molecule is CNC(=O)c1cc(Nc2nc(-c3ccc4c(c3)N(C3CC(N5CCC6(C5)CC6(F)F)C3)C(=O)C43CCN(C(C)=O)CC3)cc3ncn(C(C)C)c23)ccc1C. The Morgan fingerprint density at radius 1 is 0.982 bits per heavy atom. The van der Waals surface area contributed by atoms with Crippen molar-refractivity contribution in [2.75, 3.05) is 43.4 Å². The molecule has 3 amide bonds. The summed E-state index contributed by atoms with van der Waals surface area (Å²) in [6.45, 7) is 9.80. The number of piperidine rings is 1. The topological polar surface area (TPSA) is 116 Å². The lowest BCUT2D eigenvalue weighted by Gasteiger charge is -2.46. The quantitative estimate of drug-likeness (QED) is 0.219. The molecule has 1 atom stereocenters. The minimum Gasteiger partial charge on any atom is -0.355 e. The molecule has 0 radical (unpaired) electrons. The lowest BCUT2D eigenvalue weighted by Crippen LogP contribution is -2.57. The van der Waals surface area contributed by atoms with Gasteiger partial charge in [-0.3, -0.25) is 19.3 Å². The van der Waals surface area contributed by atoms with Crippen LogP contribution >= 0.6 is 0 Å². The highest BCUT2D eigenvalue weighted by Gasteiger charge is 2.73. The molecule has 9 rings (SSSR count). The van der Waals surface area contributed by atoms with Crippen LogP contribution in [0.5, 0.6) is 0 Å². The van der Waals surface area contributed by atoms with E-state index >= 15 is 0 Å². The molecule has 2 spiro atoms. The van der Waals surface area contributed by atoms with Crippen molar-refractivity contribution < 1.29 is 23.2 Å². The fourth-order valence-electron chi connectivity index (χ4n) is 9.81. The molecule has 2 saturated carbocycles. The van der Waals surface area contributed by atoms with Crippen molar-refractivity contribution in [3.8, 4) is 11.3 Å². The summed E-state index contributed by atoms with van der Waals surface area (Å²) in [4.78, 5) is 55.8. The second kappa shape index (κ2) is 12.6. The molecule has 13 heteroatoms. The molecular weight excluding hydrogens is 703 g/mol. The molecule has 4 fully saturated rings. The van der Waals surface area contributed by atoms with Gasteiger partial charge in [-0.1, -0.05) is 18.2 Å². The van der Waals surface area contributed by atoms with Gasteiger partial charge in [-0.2, -0.15) is 0 Å². The number of pyridine rings is 1. The number of benzene rings is 2. The van der Waals surface area contributed by atoms with E-state index in [1.54, 1.807) is 14.0 Å². The second-order valence-electron chi connectivity index (χ2n) is 16.9. The summed E-state index contributed by atoms with van der Waals surface area (Å²) in [5, 5.41) is 6.21. The molecule has 3 aliphatic heterocycles. The first kappa shape index (κ1) is 35.8. The van der Waals surface area contributed by atoms with Gasteiger partial charge in [0, 0.05) is 80.7 Å². The van der Waals surface area contributed by atoms with Crippen LogP contribution in [0.3, 0.4) is 0 Å². The maximum Gasteiger partial charge on any atom is 0.255 e. The third-order valence-corrected chi connectivity index (χ3v) is 13.4. The molecular formula is C42H48F2N8O3. The molecule has 11 nitrogen and oxygen atoms in total. The van der Waals surface area contributed by atoms with Crippen LogP contribution in [0, 0.1) is 12.3 Å². The monoisotopic (exact) mass is 750 g/mol. The summed E-state index contributed by atoms with van der Waals surface area (Å²) in [5.41, 5.74) is 5.52. The van der Waals surface area contributed by atoms with Crippen molar-refractivity contribution >= 4 is 45.9 Å². The summed E-state index contributed by atoms with van der Waals surface area (Å²) in [6.07, 6.45) is 4.93. The number of rotatable bonds is 7. The van der Waals surface area contributed by atoms with Crippen LogP contribution in [0.2, 0.25) is 0 Å². The van der Waals surface area contributed by atoms with Crippen molar-refractivity contribution in [3.63, 3.8) is 0 Å². The lowest BCUT2D eigenvalue weighted by molar-refractivity contribution is -0.134. The van der Waals surface area contributed by atoms with Gasteiger partial charge in [-0.25, -0.2) is 18.7 Å². The van der Waals surface area contributed by atoms with Gasteiger partial charge in [0.1, 0.15) is 5.52 Å². The van der Waals surface area contributed by atoms with E-state index in [0.717, 1.165) is 46.3 Å². The van der Waals surface area contributed by atoms with Crippen LogP contribution < -0.4 is 15.5 Å². The Kier molecular flexibility index (Phi) is 8.17. The highest BCUT2D eigenvalue weighted by atomic mass is 19.3. The molecule has 5 heterocycles. The molecule has 2 aliphatic carbocycles. The Bertz CT molecular complexity index is 2260. The molecule has 2 saturated heterocycles. The zero-order valence-corrected chi connectivity index (χ0v) is 32.1. The highest BCUT2D eigenvalue weighted by molar-refractivity contribution is 6.09. The standard InChI is InChI=1S/C42H48F2N8O3/c1-24(2)51-23-46-34-20-33(48-37(36(34)51)47-28-8-6-25(3)31(17-28)38(54)45-5)27-7-9-32-35(16-27)52(39(55)41(32)11-14-49(15-12-41)26(4)53)30-18-29(19-30)50-13-10-40(22-50)21-42(40,43)44/h6-9,16-17,20,23-24,29-30H,10-15,18-19,21-22H2,1-5H3,(H,45,54)(H,47,48). The molecule has 2 aromatic heterocycles. The van der Waals surface area contributed by atoms with Crippen LogP contribution in [0.25, 0.3) is 22.3 Å². The van der Waals surface area contributed by atoms with Crippen molar-refractivity contribution in [2.24, 2.45) is 5.41 Å². The van der Waals surface area contributed by atoms with Gasteiger partial charge in [-0.05, 0) is 94.8 Å². The van der Waals surface area contributed by atoms with Gasteiger partial charge in [0.25, 0.3) is 11.8 Å². The zero-order chi connectivity index (χ0) is 38.6. The lowest BCUT2D eigenvalue weighted by atomic mass is 9.73. The van der Waals surface area contributed by atoms with E-state index in [9.17, 15) is 23.2 Å². The van der Waals surface area contributed by atoms with E-state index < -0.39 is 16.8 Å². The molecule has 2 aromatic carbocycles. The Morgan fingerprint density at radius 2 is 1.73 bits per heavy atom. The number of halogens is 2. The number of anilines is 3. The summed E-state index contributed by atoms with van der Waals surface area (Å²) in [7, 11) is 1.61. The van der Waals surface area contributed by atoms with Crippen molar-refractivity contribution in [1.82, 2.24) is 29.7 Å². The predicted octanol–water partition coefficient (Wildman–Crippen LogP) is 6.58. The Hall–Kier alpha value is -4.91. The number of aromatic nitrogens is 3. The Labute approximate surface area is 319 Å². The minimum atomic E-state index is -2.56. The van der Waals surface area contributed by atoms with E-state index in [1.165, 1.54) is 0 Å². The summed E-state index contributed by atoms with van der Waals surface area (Å²) >= 11 is 0. The summed E-state index contributed by atoms with van der Waals surface area (Å²) in [5.74, 6) is -2.04. The van der Waals surface area contributed by atoms with Gasteiger partial charge in [0.15, 0.2) is 5.82 Å². The van der Waals surface area contributed by atoms with E-state index in [0.29, 0.717) is 68.2 Å². The van der Waals surface area contributed by atoms with E-state index in [4.69, 9.17) is 9.97 Å². The number of amides is 3. The number of likely N-dealkylation sites (tertiary alicyclic amines) is 2. The van der Waals surface area contributed by atoms with Gasteiger partial charge >= 0.3 is 0 Å². The average molecular weight is 751 g/mol. The van der Waals surface area contributed by atoms with E-state index in [-0.39, 0.29) is 42.3 Å². The molecule has 1 unspecified atom stereocenters. The third-order valence-electron chi connectivity index (χ3n) is 13.4. The number of imidazole rings is 1. The van der Waals surface area contributed by atoms with Crippen LogP contribution in [0.15, 0.2) is 48.8 Å². The van der Waals surface area contributed by atoms with E-state index in [2.05, 4.69) is 46.1 Å². The number of carbonyl (C=O) groups is 3. The fraction of sp³-hybridized carbons (Fsp3) is 0.500. The number of nitrogens with one attached hydrogen (secondary N) is 2. The second-order valence-corrected chi connectivity index (χ2v) is 16.9. The fourth-order valence-corrected chi connectivity index (χ4v) is 9.81. The summed E-state index contributed by atoms with van der Waals surface area (Å²) < 4.78 is 30.6. The number of nitrogens with zero attached hydrogens (tertiary/aromatic N) is 6. The Morgan fingerprint density at radius 3 is 2.38 bits per heavy atom. The van der Waals surface area contributed by atoms with Gasteiger partial charge in [0.05, 0.1) is 28.4 Å². The normalized spacial score (nSPS) is 25.2. The van der Waals surface area contributed by atoms with Crippen LogP contribution in [0.1, 0.15) is 86.8 Å². The predicted molar refractivity (Wildman–Crippen MR) is 207 cm³/mol. The summed E-state index contributed by atoms with van der Waals surface area (Å²) in [6, 6.07) is 14.1. The van der Waals surface area contributed by atoms with Gasteiger partial charge < -0.3 is 25.0 Å². The van der Waals surface area contributed by atoms with Gasteiger partial charge in [-0.15, -0.1) is 0 Å². The Balaban J connectivity index is 1.08. The molecule has 2 N–H and O–H groups in total. The number of alkyl halides is 2. The highest BCUT2D eigenvalue weighted by Crippen LogP contribution is 2.65. The largest absolute Gasteiger partial charge is 0.355 e. The zero-order valence-electron chi connectivity index (χ0n) is 32.1. The average Bonchev–Trinajstić information content (AvgIpc) is 3.53. The van der Waals surface area contributed by atoms with E-state index in [1.807, 2.05) is 53.4 Å². The van der Waals surface area contributed by atoms with Crippen LogP contribution in [-0.2, 0) is 15.0 Å². The maximum atomic E-state index is 14.8. The first-order chi connectivity index (χ1) is 26.2. The first-order valence-electron chi connectivity index (χ1n) is 19.6. The van der Waals surface area contributed by atoms with Crippen LogP contribution in [-0.4, -0.2) is 93.3 Å². The first-order valence-corrected chi connectivity index (χ1v) is 19.6. The van der Waals surface area contributed by atoms with Crippen molar-refractivity contribution in [3.05, 3.63) is 65.5 Å². The number of aryl methyl sites for hydroxylation is 1. The third kappa shape index (κ3) is 5.55. The molecule has 0 bridgehead atoms. The maximum absolute atomic E-state index is 14.8. The smallest absolute Gasteiger partial charge is 0.255 e. The number of hydrogen-bond donors (Lipinski definition) is 2. The number of carbonyl (C=O) groups excluding carboxylic acids is 3. The minimum absolute atomic E-state index is 0.00986. The molecule has 5 aliphatic rings. The van der Waals surface area contributed by atoms with Crippen LogP contribution in [0.4, 0.5) is 26.0 Å². The molecule has 55 heavy (non-hydrogen) atoms. The molecule has 288 valence electrons. The van der Waals surface area contributed by atoms with Crippen molar-refractivity contribution in [2.45, 2.75) is 95.7 Å².